The molecule has 0 aliphatic carbocycles. The number of anilines is 1. The van der Waals surface area contributed by atoms with Crippen LogP contribution >= 0.6 is 0 Å². The van der Waals surface area contributed by atoms with Crippen molar-refractivity contribution in [1.82, 2.24) is 14.7 Å². The van der Waals surface area contributed by atoms with E-state index in [1.165, 1.54) is 12.3 Å². The minimum Gasteiger partial charge on any atom is -0.760 e. The minimum atomic E-state index is -2.36. The Labute approximate surface area is 175 Å². The maximum absolute atomic E-state index is 14.9. The number of carbonyl (C=O) groups is 1. The number of aromatic nitrogens is 2. The van der Waals surface area contributed by atoms with Crippen molar-refractivity contribution < 1.29 is 23.1 Å². The summed E-state index contributed by atoms with van der Waals surface area (Å²) < 4.78 is 38.1. The molecule has 3 aromatic rings. The lowest BCUT2D eigenvalue weighted by atomic mass is 9.98. The lowest BCUT2D eigenvalue weighted by Crippen LogP contribution is -2.18. The summed E-state index contributed by atoms with van der Waals surface area (Å²) in [5.74, 6) is -0.636. The molecule has 0 radical (unpaired) electrons. The fourth-order valence-corrected chi connectivity index (χ4v) is 3.27. The minimum absolute atomic E-state index is 0.0569. The number of rotatable bonds is 10. The van der Waals surface area contributed by atoms with Crippen molar-refractivity contribution >= 4 is 33.9 Å². The van der Waals surface area contributed by atoms with Crippen molar-refractivity contribution in [2.24, 2.45) is 0 Å². The molecular formula is C20H20FN4O4S-. The van der Waals surface area contributed by atoms with Crippen LogP contribution < -0.4 is 10.0 Å². The Hall–Kier alpha value is -2.79. The number of halogens is 1. The second kappa shape index (κ2) is 10.3. The first-order valence-electron chi connectivity index (χ1n) is 9.26. The molecule has 0 saturated heterocycles. The van der Waals surface area contributed by atoms with Gasteiger partial charge in [-0.05, 0) is 42.7 Å². The number of aryl methyl sites for hydroxylation is 1. The Morgan fingerprint density at radius 3 is 2.80 bits per heavy atom. The van der Waals surface area contributed by atoms with Crippen LogP contribution in [0.1, 0.15) is 27.9 Å². The van der Waals surface area contributed by atoms with E-state index >= 15 is 0 Å². The van der Waals surface area contributed by atoms with Gasteiger partial charge in [-0.3, -0.25) is 14.0 Å². The third-order valence-electron chi connectivity index (χ3n) is 4.39. The van der Waals surface area contributed by atoms with Crippen molar-refractivity contribution in [3.63, 3.8) is 0 Å². The molecule has 10 heteroatoms. The third-order valence-corrected chi connectivity index (χ3v) is 4.83. The second-order valence-electron chi connectivity index (χ2n) is 6.45. The first-order valence-corrected chi connectivity index (χ1v) is 10.3. The fraction of sp³-hybridized carbons (Fsp3) is 0.250. The van der Waals surface area contributed by atoms with Gasteiger partial charge in [0.1, 0.15) is 11.6 Å². The van der Waals surface area contributed by atoms with Crippen LogP contribution in [0.15, 0.2) is 42.6 Å². The Balaban J connectivity index is 1.82. The standard InChI is InChI=1S/C20H21FN4O4S/c21-19-13(4-2-8-24-30(28)29)3-1-5-15(19)20(27)14-6-7-16-17(11-14)25-18(12-23-16)22-9-10-26/h1,3,5-7,11-12,24,26H,2,4,8-10H2,(H,22,25)(H,28,29)/p-1. The van der Waals surface area contributed by atoms with Crippen molar-refractivity contribution in [1.29, 1.82) is 0 Å². The lowest BCUT2D eigenvalue weighted by molar-refractivity contribution is 0.103. The normalized spacial score (nSPS) is 12.1. The fourth-order valence-electron chi connectivity index (χ4n) is 2.96. The van der Waals surface area contributed by atoms with Crippen molar-refractivity contribution in [3.05, 3.63) is 65.1 Å². The van der Waals surface area contributed by atoms with Gasteiger partial charge in [-0.2, -0.15) is 0 Å². The van der Waals surface area contributed by atoms with Crippen LogP contribution in [0.4, 0.5) is 10.2 Å². The molecule has 0 spiro atoms. The molecule has 30 heavy (non-hydrogen) atoms. The van der Waals surface area contributed by atoms with E-state index in [1.807, 2.05) is 0 Å². The van der Waals surface area contributed by atoms with Crippen LogP contribution in [0.5, 0.6) is 0 Å². The average molecular weight is 431 g/mol. The Kier molecular flexibility index (Phi) is 7.52. The number of fused-ring (bicyclic) bond motifs is 1. The summed E-state index contributed by atoms with van der Waals surface area (Å²) in [6.07, 6.45) is 2.22. The smallest absolute Gasteiger partial charge is 0.196 e. The molecule has 158 valence electrons. The third kappa shape index (κ3) is 5.42. The van der Waals surface area contributed by atoms with E-state index in [4.69, 9.17) is 5.11 Å². The average Bonchev–Trinajstić information content (AvgIpc) is 2.75. The monoisotopic (exact) mass is 431 g/mol. The number of hydrogen-bond acceptors (Lipinski definition) is 7. The second-order valence-corrected chi connectivity index (χ2v) is 7.21. The summed E-state index contributed by atoms with van der Waals surface area (Å²) >= 11 is -2.36. The molecule has 1 aromatic heterocycles. The van der Waals surface area contributed by atoms with Crippen molar-refractivity contribution in [2.75, 3.05) is 25.0 Å². The van der Waals surface area contributed by atoms with Crippen molar-refractivity contribution in [2.45, 2.75) is 12.8 Å². The van der Waals surface area contributed by atoms with Gasteiger partial charge >= 0.3 is 0 Å². The van der Waals surface area contributed by atoms with Gasteiger partial charge in [-0.25, -0.2) is 14.1 Å². The number of ketones is 1. The van der Waals surface area contributed by atoms with E-state index < -0.39 is 22.9 Å². The van der Waals surface area contributed by atoms with Gasteiger partial charge in [-0.1, -0.05) is 12.1 Å². The molecule has 2 aromatic carbocycles. The van der Waals surface area contributed by atoms with E-state index in [2.05, 4.69) is 20.0 Å². The number of aliphatic hydroxyl groups is 1. The Morgan fingerprint density at radius 1 is 1.20 bits per heavy atom. The zero-order valence-corrected chi connectivity index (χ0v) is 16.7. The van der Waals surface area contributed by atoms with E-state index in [9.17, 15) is 17.9 Å². The van der Waals surface area contributed by atoms with Gasteiger partial charge in [0, 0.05) is 29.9 Å². The SMILES string of the molecule is O=C(c1ccc2ncc(NCCO)nc2c1)c1cccc(CCCNS(=O)[O-])c1F. The van der Waals surface area contributed by atoms with Crippen LogP contribution in [0.25, 0.3) is 11.0 Å². The molecule has 0 aliphatic rings. The molecule has 0 aliphatic heterocycles. The largest absolute Gasteiger partial charge is 0.760 e. The maximum atomic E-state index is 14.9. The van der Waals surface area contributed by atoms with E-state index in [0.29, 0.717) is 41.8 Å². The Bertz CT molecular complexity index is 1080. The Morgan fingerprint density at radius 2 is 2.03 bits per heavy atom. The first-order chi connectivity index (χ1) is 14.5. The number of carbonyl (C=O) groups excluding carboxylic acids is 1. The van der Waals surface area contributed by atoms with E-state index in [1.54, 1.807) is 30.3 Å². The molecule has 1 unspecified atom stereocenters. The van der Waals surface area contributed by atoms with Gasteiger partial charge in [0.05, 0.1) is 29.4 Å². The highest BCUT2D eigenvalue weighted by atomic mass is 32.2. The summed E-state index contributed by atoms with van der Waals surface area (Å²) in [4.78, 5) is 21.5. The van der Waals surface area contributed by atoms with Crippen molar-refractivity contribution in [3.8, 4) is 0 Å². The highest BCUT2D eigenvalue weighted by molar-refractivity contribution is 7.77. The van der Waals surface area contributed by atoms with E-state index in [-0.39, 0.29) is 24.3 Å². The van der Waals surface area contributed by atoms with Gasteiger partial charge in [-0.15, -0.1) is 0 Å². The predicted molar refractivity (Wildman–Crippen MR) is 110 cm³/mol. The highest BCUT2D eigenvalue weighted by Crippen LogP contribution is 2.21. The molecule has 0 amide bonds. The zero-order chi connectivity index (χ0) is 21.5. The van der Waals surface area contributed by atoms with Gasteiger partial charge in [0.15, 0.2) is 5.78 Å². The molecule has 3 rings (SSSR count). The number of nitrogens with one attached hydrogen (secondary N) is 2. The quantitative estimate of drug-likeness (QED) is 0.253. The summed E-state index contributed by atoms with van der Waals surface area (Å²) in [5, 5.41) is 11.8. The lowest BCUT2D eigenvalue weighted by Gasteiger charge is -2.10. The van der Waals surface area contributed by atoms with Crippen LogP contribution in [0.2, 0.25) is 0 Å². The molecular weight excluding hydrogens is 411 g/mol. The zero-order valence-electron chi connectivity index (χ0n) is 15.9. The summed E-state index contributed by atoms with van der Waals surface area (Å²) in [6.45, 7) is 0.444. The molecule has 0 fully saturated rings. The summed E-state index contributed by atoms with van der Waals surface area (Å²) in [5.41, 5.74) is 1.61. The predicted octanol–water partition coefficient (Wildman–Crippen LogP) is 1.72. The highest BCUT2D eigenvalue weighted by Gasteiger charge is 2.17. The van der Waals surface area contributed by atoms with Gasteiger partial charge < -0.3 is 15.0 Å². The van der Waals surface area contributed by atoms with Gasteiger partial charge in [0.25, 0.3) is 0 Å². The molecule has 0 saturated carbocycles. The van der Waals surface area contributed by atoms with Crippen LogP contribution in [0, 0.1) is 5.82 Å². The number of benzene rings is 2. The maximum Gasteiger partial charge on any atom is 0.196 e. The van der Waals surface area contributed by atoms with Gasteiger partial charge in [0.2, 0.25) is 0 Å². The summed E-state index contributed by atoms with van der Waals surface area (Å²) in [6, 6.07) is 9.35. The van der Waals surface area contributed by atoms with E-state index in [0.717, 1.165) is 0 Å². The molecule has 0 bridgehead atoms. The molecule has 3 N–H and O–H groups in total. The molecule has 8 nitrogen and oxygen atoms in total. The van der Waals surface area contributed by atoms with Crippen LogP contribution in [-0.2, 0) is 17.7 Å². The summed E-state index contributed by atoms with van der Waals surface area (Å²) in [7, 11) is 0. The molecule has 1 atom stereocenters. The number of nitrogens with zero attached hydrogens (tertiary/aromatic N) is 2. The topological polar surface area (TPSA) is 127 Å². The van der Waals surface area contributed by atoms with Crippen LogP contribution in [-0.4, -0.2) is 49.3 Å². The molecule has 1 heterocycles. The number of hydrogen-bond donors (Lipinski definition) is 3. The number of aliphatic hydroxyl groups excluding tert-OH is 1. The van der Waals surface area contributed by atoms with Crippen LogP contribution in [0.3, 0.4) is 0 Å². The first kappa shape index (κ1) is 21.9.